The lowest BCUT2D eigenvalue weighted by Gasteiger charge is -2.49. The maximum atomic E-state index is 5.77. The van der Waals surface area contributed by atoms with Crippen LogP contribution in [0.15, 0.2) is 0 Å². The molecule has 3 aliphatic heterocycles. The van der Waals surface area contributed by atoms with E-state index >= 15 is 0 Å². The molecule has 3 saturated heterocycles. The number of rotatable bonds is 4. The fourth-order valence-corrected chi connectivity index (χ4v) is 4.24. The quantitative estimate of drug-likeness (QED) is 0.830. The Morgan fingerprint density at radius 1 is 1.11 bits per heavy atom. The van der Waals surface area contributed by atoms with E-state index in [4.69, 9.17) is 4.74 Å². The first-order valence-electron chi connectivity index (χ1n) is 7.91. The smallest absolute Gasteiger partial charge is 0.0588 e. The van der Waals surface area contributed by atoms with E-state index in [0.717, 1.165) is 24.7 Å². The Bertz CT molecular complexity index is 251. The van der Waals surface area contributed by atoms with Crippen LogP contribution in [0.1, 0.15) is 51.4 Å². The first kappa shape index (κ1) is 12.9. The average Bonchev–Trinajstić information content (AvgIpc) is 2.88. The van der Waals surface area contributed by atoms with Gasteiger partial charge in [-0.15, -0.1) is 0 Å². The van der Waals surface area contributed by atoms with Crippen LogP contribution in [0.2, 0.25) is 0 Å². The monoisotopic (exact) mass is 252 g/mol. The topological polar surface area (TPSA) is 24.5 Å². The number of hydrogen-bond acceptors (Lipinski definition) is 3. The minimum absolute atomic E-state index is 0.563. The summed E-state index contributed by atoms with van der Waals surface area (Å²) < 4.78 is 5.77. The molecule has 18 heavy (non-hydrogen) atoms. The molecule has 3 heteroatoms. The van der Waals surface area contributed by atoms with Gasteiger partial charge in [0.15, 0.2) is 0 Å². The number of piperidine rings is 2. The summed E-state index contributed by atoms with van der Waals surface area (Å²) in [4.78, 5) is 2.82. The van der Waals surface area contributed by atoms with Gasteiger partial charge in [-0.1, -0.05) is 6.42 Å². The Balaban J connectivity index is 1.54. The highest BCUT2D eigenvalue weighted by Crippen LogP contribution is 2.34. The number of ether oxygens (including phenoxy) is 1. The van der Waals surface area contributed by atoms with Crippen LogP contribution < -0.4 is 5.32 Å². The van der Waals surface area contributed by atoms with Crippen molar-refractivity contribution >= 4 is 0 Å². The average molecular weight is 252 g/mol. The number of nitrogens with one attached hydrogen (secondary N) is 1. The molecule has 0 aromatic rings. The third-order valence-corrected chi connectivity index (χ3v) is 5.27. The molecule has 2 bridgehead atoms. The lowest BCUT2D eigenvalue weighted by Crippen LogP contribution is -2.56. The SMILES string of the molecule is CNC1CC2CCCC(C1)N2CCC1CCCO1. The molecule has 3 aliphatic rings. The maximum Gasteiger partial charge on any atom is 0.0588 e. The molecular formula is C15H28N2O. The third kappa shape index (κ3) is 2.73. The van der Waals surface area contributed by atoms with Gasteiger partial charge in [-0.25, -0.2) is 0 Å². The van der Waals surface area contributed by atoms with E-state index in [1.54, 1.807) is 0 Å². The zero-order valence-electron chi connectivity index (χ0n) is 11.7. The summed E-state index contributed by atoms with van der Waals surface area (Å²) in [6.45, 7) is 2.27. The van der Waals surface area contributed by atoms with Gasteiger partial charge in [0, 0.05) is 31.3 Å². The van der Waals surface area contributed by atoms with E-state index in [1.807, 2.05) is 0 Å². The van der Waals surface area contributed by atoms with Crippen LogP contribution in [0.5, 0.6) is 0 Å². The second kappa shape index (κ2) is 5.89. The van der Waals surface area contributed by atoms with Crippen LogP contribution in [0.4, 0.5) is 0 Å². The minimum atomic E-state index is 0.563. The van der Waals surface area contributed by atoms with Crippen molar-refractivity contribution in [2.45, 2.75) is 75.6 Å². The fraction of sp³-hybridized carbons (Fsp3) is 1.00. The van der Waals surface area contributed by atoms with Crippen LogP contribution in [0.25, 0.3) is 0 Å². The summed E-state index contributed by atoms with van der Waals surface area (Å²) in [5, 5.41) is 3.50. The Kier molecular flexibility index (Phi) is 4.22. The van der Waals surface area contributed by atoms with Crippen LogP contribution in [0, 0.1) is 0 Å². The van der Waals surface area contributed by atoms with E-state index in [2.05, 4.69) is 17.3 Å². The zero-order valence-corrected chi connectivity index (χ0v) is 11.7. The lowest BCUT2D eigenvalue weighted by molar-refractivity contribution is 0.00990. The van der Waals surface area contributed by atoms with Crippen molar-refractivity contribution < 1.29 is 4.74 Å². The summed E-state index contributed by atoms with van der Waals surface area (Å²) in [7, 11) is 2.13. The lowest BCUT2D eigenvalue weighted by atomic mass is 9.81. The van der Waals surface area contributed by atoms with Crippen molar-refractivity contribution in [3.05, 3.63) is 0 Å². The molecular weight excluding hydrogens is 224 g/mol. The Hall–Kier alpha value is -0.120. The highest BCUT2D eigenvalue weighted by atomic mass is 16.5. The van der Waals surface area contributed by atoms with E-state index in [1.165, 1.54) is 57.9 Å². The highest BCUT2D eigenvalue weighted by Gasteiger charge is 2.37. The molecule has 3 unspecified atom stereocenters. The largest absolute Gasteiger partial charge is 0.378 e. The predicted molar refractivity (Wildman–Crippen MR) is 73.8 cm³/mol. The second-order valence-electron chi connectivity index (χ2n) is 6.36. The molecule has 0 aliphatic carbocycles. The molecule has 0 aromatic heterocycles. The summed E-state index contributed by atoms with van der Waals surface area (Å²) in [6, 6.07) is 2.45. The van der Waals surface area contributed by atoms with Gasteiger partial charge in [0.25, 0.3) is 0 Å². The van der Waals surface area contributed by atoms with Crippen LogP contribution >= 0.6 is 0 Å². The van der Waals surface area contributed by atoms with E-state index in [0.29, 0.717) is 6.10 Å². The number of hydrogen-bond donors (Lipinski definition) is 1. The number of fused-ring (bicyclic) bond motifs is 2. The molecule has 104 valence electrons. The number of nitrogens with zero attached hydrogens (tertiary/aromatic N) is 1. The van der Waals surface area contributed by atoms with Gasteiger partial charge in [-0.3, -0.25) is 4.90 Å². The van der Waals surface area contributed by atoms with E-state index in [-0.39, 0.29) is 0 Å². The summed E-state index contributed by atoms with van der Waals surface area (Å²) in [5.41, 5.74) is 0. The third-order valence-electron chi connectivity index (χ3n) is 5.27. The summed E-state index contributed by atoms with van der Waals surface area (Å²) in [6.07, 6.45) is 11.4. The molecule has 3 fully saturated rings. The molecule has 0 aromatic carbocycles. The van der Waals surface area contributed by atoms with Crippen LogP contribution in [0.3, 0.4) is 0 Å². The molecule has 3 rings (SSSR count). The van der Waals surface area contributed by atoms with Gasteiger partial charge >= 0.3 is 0 Å². The Morgan fingerprint density at radius 2 is 1.89 bits per heavy atom. The fourth-order valence-electron chi connectivity index (χ4n) is 4.24. The molecule has 0 radical (unpaired) electrons. The summed E-state index contributed by atoms with van der Waals surface area (Å²) in [5.74, 6) is 0. The van der Waals surface area contributed by atoms with Crippen molar-refractivity contribution in [1.29, 1.82) is 0 Å². The van der Waals surface area contributed by atoms with Crippen LogP contribution in [-0.4, -0.2) is 49.3 Å². The Labute approximate surface area is 111 Å². The molecule has 3 heterocycles. The standard InChI is InChI=1S/C15H28N2O/c1-16-12-10-13-4-2-5-14(11-12)17(13)8-7-15-6-3-9-18-15/h12-16H,2-11H2,1H3. The minimum Gasteiger partial charge on any atom is -0.378 e. The summed E-state index contributed by atoms with van der Waals surface area (Å²) >= 11 is 0. The van der Waals surface area contributed by atoms with Gasteiger partial charge in [0.2, 0.25) is 0 Å². The maximum absolute atomic E-state index is 5.77. The van der Waals surface area contributed by atoms with Gasteiger partial charge in [-0.2, -0.15) is 0 Å². The van der Waals surface area contributed by atoms with Crippen molar-refractivity contribution in [3.63, 3.8) is 0 Å². The molecule has 0 saturated carbocycles. The van der Waals surface area contributed by atoms with Gasteiger partial charge < -0.3 is 10.1 Å². The van der Waals surface area contributed by atoms with Crippen molar-refractivity contribution in [3.8, 4) is 0 Å². The van der Waals surface area contributed by atoms with Crippen molar-refractivity contribution in [1.82, 2.24) is 10.2 Å². The van der Waals surface area contributed by atoms with Crippen molar-refractivity contribution in [2.75, 3.05) is 20.2 Å². The van der Waals surface area contributed by atoms with Gasteiger partial charge in [0.05, 0.1) is 6.10 Å². The first-order valence-corrected chi connectivity index (χ1v) is 7.91. The van der Waals surface area contributed by atoms with E-state index in [9.17, 15) is 0 Å². The normalized spacial score (nSPS) is 41.2. The molecule has 3 atom stereocenters. The predicted octanol–water partition coefficient (Wildman–Crippen LogP) is 2.16. The first-order chi connectivity index (χ1) is 8.86. The molecule has 1 N–H and O–H groups in total. The Morgan fingerprint density at radius 3 is 2.50 bits per heavy atom. The highest BCUT2D eigenvalue weighted by molar-refractivity contribution is 4.94. The van der Waals surface area contributed by atoms with Gasteiger partial charge in [0.1, 0.15) is 0 Å². The zero-order chi connectivity index (χ0) is 12.4. The van der Waals surface area contributed by atoms with E-state index < -0.39 is 0 Å². The second-order valence-corrected chi connectivity index (χ2v) is 6.36. The molecule has 0 spiro atoms. The van der Waals surface area contributed by atoms with Gasteiger partial charge in [-0.05, 0) is 52.0 Å². The van der Waals surface area contributed by atoms with Crippen LogP contribution in [-0.2, 0) is 4.74 Å². The molecule has 0 amide bonds. The molecule has 3 nitrogen and oxygen atoms in total. The van der Waals surface area contributed by atoms with Crippen molar-refractivity contribution in [2.24, 2.45) is 0 Å².